The van der Waals surface area contributed by atoms with Gasteiger partial charge in [-0.05, 0) is 66.4 Å². The Hall–Kier alpha value is -4.05. The molecule has 1 aliphatic heterocycles. The SMILES string of the molecule is Cc1ccc(NC(=O)c2ccc3c(c2)OCCO3)cc1NC(=O)c1cc2ccc(C(F)(F)F)cc2s1. The first-order chi connectivity index (χ1) is 17.2. The first-order valence-electron chi connectivity index (χ1n) is 10.9. The highest BCUT2D eigenvalue weighted by Crippen LogP contribution is 2.35. The lowest BCUT2D eigenvalue weighted by Crippen LogP contribution is -2.17. The maximum Gasteiger partial charge on any atom is 0.416 e. The Morgan fingerprint density at radius 2 is 1.64 bits per heavy atom. The fourth-order valence-electron chi connectivity index (χ4n) is 3.73. The van der Waals surface area contributed by atoms with Gasteiger partial charge in [0, 0.05) is 21.6 Å². The number of ether oxygens (including phenoxy) is 2. The van der Waals surface area contributed by atoms with Crippen molar-refractivity contribution in [2.24, 2.45) is 0 Å². The number of fused-ring (bicyclic) bond motifs is 2. The third-order valence-corrected chi connectivity index (χ3v) is 6.72. The number of hydrogen-bond acceptors (Lipinski definition) is 5. The quantitative estimate of drug-likeness (QED) is 0.327. The topological polar surface area (TPSA) is 76.7 Å². The summed E-state index contributed by atoms with van der Waals surface area (Å²) >= 11 is 0.980. The standard InChI is InChI=1S/C26H19F3N2O4S/c1-14-2-6-18(30-24(32)16-4-7-20-21(10-16)35-9-8-34-20)13-19(14)31-25(33)23-11-15-3-5-17(26(27,28)29)12-22(15)36-23/h2-7,10-13H,8-9H2,1H3,(H,30,32)(H,31,33). The van der Waals surface area contributed by atoms with Crippen molar-refractivity contribution in [3.8, 4) is 11.5 Å². The number of alkyl halides is 3. The van der Waals surface area contributed by atoms with Gasteiger partial charge in [-0.25, -0.2) is 0 Å². The Morgan fingerprint density at radius 1 is 0.861 bits per heavy atom. The van der Waals surface area contributed by atoms with Crippen molar-refractivity contribution < 1.29 is 32.2 Å². The fraction of sp³-hybridized carbons (Fsp3) is 0.154. The number of amides is 2. The first kappa shape index (κ1) is 23.7. The lowest BCUT2D eigenvalue weighted by molar-refractivity contribution is -0.137. The van der Waals surface area contributed by atoms with E-state index in [9.17, 15) is 22.8 Å². The maximum absolute atomic E-state index is 13.0. The van der Waals surface area contributed by atoms with Gasteiger partial charge in [0.15, 0.2) is 11.5 Å². The summed E-state index contributed by atoms with van der Waals surface area (Å²) in [6, 6.07) is 14.9. The minimum atomic E-state index is -4.46. The molecule has 10 heteroatoms. The van der Waals surface area contributed by atoms with Gasteiger partial charge in [-0.1, -0.05) is 12.1 Å². The van der Waals surface area contributed by atoms with E-state index in [-0.39, 0.29) is 10.8 Å². The second kappa shape index (κ2) is 9.19. The lowest BCUT2D eigenvalue weighted by atomic mass is 10.1. The van der Waals surface area contributed by atoms with E-state index in [2.05, 4.69) is 10.6 Å². The maximum atomic E-state index is 13.0. The summed E-state index contributed by atoms with van der Waals surface area (Å²) in [6.07, 6.45) is -4.46. The normalized spacial score (nSPS) is 12.9. The zero-order chi connectivity index (χ0) is 25.4. The summed E-state index contributed by atoms with van der Waals surface area (Å²) in [6.45, 7) is 2.65. The summed E-state index contributed by atoms with van der Waals surface area (Å²) in [7, 11) is 0. The van der Waals surface area contributed by atoms with Gasteiger partial charge >= 0.3 is 6.18 Å². The molecule has 0 unspecified atom stereocenters. The summed E-state index contributed by atoms with van der Waals surface area (Å²) in [5.41, 5.74) is 1.30. The predicted molar refractivity (Wildman–Crippen MR) is 131 cm³/mol. The molecule has 5 rings (SSSR count). The second-order valence-electron chi connectivity index (χ2n) is 8.16. The molecule has 1 aliphatic rings. The molecule has 184 valence electrons. The lowest BCUT2D eigenvalue weighted by Gasteiger charge is -2.18. The van der Waals surface area contributed by atoms with Crippen molar-refractivity contribution in [1.82, 2.24) is 0 Å². The van der Waals surface area contributed by atoms with Crippen molar-refractivity contribution in [2.75, 3.05) is 23.8 Å². The largest absolute Gasteiger partial charge is 0.486 e. The molecule has 0 aliphatic carbocycles. The number of anilines is 2. The van der Waals surface area contributed by atoms with Crippen LogP contribution in [0.4, 0.5) is 24.5 Å². The van der Waals surface area contributed by atoms with Gasteiger partial charge in [0.25, 0.3) is 11.8 Å². The molecule has 2 amide bonds. The highest BCUT2D eigenvalue weighted by Gasteiger charge is 2.30. The van der Waals surface area contributed by atoms with Gasteiger partial charge in [0.05, 0.1) is 10.4 Å². The van der Waals surface area contributed by atoms with Crippen LogP contribution < -0.4 is 20.1 Å². The van der Waals surface area contributed by atoms with Crippen LogP contribution in [-0.4, -0.2) is 25.0 Å². The van der Waals surface area contributed by atoms with E-state index in [1.165, 1.54) is 6.07 Å². The molecule has 1 aromatic heterocycles. The van der Waals surface area contributed by atoms with E-state index in [4.69, 9.17) is 9.47 Å². The molecule has 2 heterocycles. The number of carbonyl (C=O) groups is 2. The third-order valence-electron chi connectivity index (χ3n) is 5.62. The average Bonchev–Trinajstić information content (AvgIpc) is 3.29. The number of aryl methyl sites for hydroxylation is 1. The van der Waals surface area contributed by atoms with Crippen LogP contribution >= 0.6 is 11.3 Å². The van der Waals surface area contributed by atoms with E-state index in [1.807, 2.05) is 0 Å². The van der Waals surface area contributed by atoms with Crippen molar-refractivity contribution in [3.05, 3.63) is 82.2 Å². The molecule has 3 aromatic carbocycles. The molecule has 2 N–H and O–H groups in total. The minimum Gasteiger partial charge on any atom is -0.486 e. The number of halogens is 3. The van der Waals surface area contributed by atoms with Crippen molar-refractivity contribution in [3.63, 3.8) is 0 Å². The van der Waals surface area contributed by atoms with Crippen LogP contribution in [0.15, 0.2) is 60.7 Å². The Kier molecular flexibility index (Phi) is 6.05. The van der Waals surface area contributed by atoms with Gasteiger partial charge in [-0.2, -0.15) is 13.2 Å². The molecule has 0 atom stereocenters. The first-order valence-corrected chi connectivity index (χ1v) is 11.7. The van der Waals surface area contributed by atoms with Gasteiger partial charge in [0.1, 0.15) is 13.2 Å². The molecule has 36 heavy (non-hydrogen) atoms. The molecule has 0 radical (unpaired) electrons. The minimum absolute atomic E-state index is 0.273. The predicted octanol–water partition coefficient (Wildman–Crippen LogP) is 6.50. The van der Waals surface area contributed by atoms with Crippen LogP contribution in [0, 0.1) is 6.92 Å². The van der Waals surface area contributed by atoms with Crippen LogP contribution in [0.5, 0.6) is 11.5 Å². The van der Waals surface area contributed by atoms with E-state index >= 15 is 0 Å². The van der Waals surface area contributed by atoms with E-state index in [0.29, 0.717) is 51.7 Å². The Morgan fingerprint density at radius 3 is 2.42 bits per heavy atom. The highest BCUT2D eigenvalue weighted by molar-refractivity contribution is 7.20. The molecular weight excluding hydrogens is 493 g/mol. The Bertz CT molecular complexity index is 1500. The Labute approximate surface area is 207 Å². The zero-order valence-electron chi connectivity index (χ0n) is 18.9. The van der Waals surface area contributed by atoms with Crippen molar-refractivity contribution >= 4 is 44.6 Å². The fourth-order valence-corrected chi connectivity index (χ4v) is 4.72. The summed E-state index contributed by atoms with van der Waals surface area (Å²) in [4.78, 5) is 25.9. The van der Waals surface area contributed by atoms with Crippen molar-refractivity contribution in [1.29, 1.82) is 0 Å². The zero-order valence-corrected chi connectivity index (χ0v) is 19.7. The highest BCUT2D eigenvalue weighted by atomic mass is 32.1. The van der Waals surface area contributed by atoms with Gasteiger partial charge in [0.2, 0.25) is 0 Å². The van der Waals surface area contributed by atoms with E-state index in [1.54, 1.807) is 49.4 Å². The molecule has 6 nitrogen and oxygen atoms in total. The van der Waals surface area contributed by atoms with E-state index < -0.39 is 17.6 Å². The van der Waals surface area contributed by atoms with E-state index in [0.717, 1.165) is 29.0 Å². The number of thiophene rings is 1. The summed E-state index contributed by atoms with van der Waals surface area (Å²) in [5.74, 6) is 0.256. The van der Waals surface area contributed by atoms with Gasteiger partial charge < -0.3 is 20.1 Å². The van der Waals surface area contributed by atoms with Crippen LogP contribution in [0.25, 0.3) is 10.1 Å². The number of hydrogen-bond donors (Lipinski definition) is 2. The number of rotatable bonds is 4. The van der Waals surface area contributed by atoms with Crippen molar-refractivity contribution in [2.45, 2.75) is 13.1 Å². The van der Waals surface area contributed by atoms with Gasteiger partial charge in [-0.15, -0.1) is 11.3 Å². The second-order valence-corrected chi connectivity index (χ2v) is 9.24. The molecule has 0 spiro atoms. The molecule has 0 bridgehead atoms. The van der Waals surface area contributed by atoms with Crippen LogP contribution in [-0.2, 0) is 6.18 Å². The van der Waals surface area contributed by atoms with Gasteiger partial charge in [-0.3, -0.25) is 9.59 Å². The molecule has 4 aromatic rings. The Balaban J connectivity index is 1.32. The monoisotopic (exact) mass is 512 g/mol. The molecule has 0 fully saturated rings. The van der Waals surface area contributed by atoms with Crippen LogP contribution in [0.2, 0.25) is 0 Å². The molecular formula is C26H19F3N2O4S. The third kappa shape index (κ3) is 4.85. The number of benzene rings is 3. The number of carbonyl (C=O) groups excluding carboxylic acids is 2. The van der Waals surface area contributed by atoms with Crippen LogP contribution in [0.3, 0.4) is 0 Å². The summed E-state index contributed by atoms with van der Waals surface area (Å²) < 4.78 is 50.4. The summed E-state index contributed by atoms with van der Waals surface area (Å²) in [5, 5.41) is 6.14. The smallest absolute Gasteiger partial charge is 0.416 e. The average molecular weight is 513 g/mol. The number of nitrogens with one attached hydrogen (secondary N) is 2. The molecule has 0 saturated carbocycles. The molecule has 0 saturated heterocycles. The van der Waals surface area contributed by atoms with Crippen LogP contribution in [0.1, 0.15) is 31.2 Å².